The van der Waals surface area contributed by atoms with Crippen molar-refractivity contribution in [1.82, 2.24) is 4.90 Å². The first-order chi connectivity index (χ1) is 17.0. The third-order valence-electron chi connectivity index (χ3n) is 5.45. The minimum atomic E-state index is -0.937. The quantitative estimate of drug-likeness (QED) is 0.146. The molecule has 6 nitrogen and oxygen atoms in total. The first-order valence-electron chi connectivity index (χ1n) is 11.8. The Hall–Kier alpha value is -2.84. The van der Waals surface area contributed by atoms with E-state index in [0.717, 1.165) is 30.2 Å². The normalized spacial score (nSPS) is 15.4. The lowest BCUT2D eigenvalue weighted by atomic mass is 10.1. The molecule has 186 valence electrons. The highest BCUT2D eigenvalue weighted by Crippen LogP contribution is 2.39. The van der Waals surface area contributed by atoms with Crippen molar-refractivity contribution >= 4 is 46.3 Å². The fourth-order valence-electron chi connectivity index (χ4n) is 3.71. The van der Waals surface area contributed by atoms with Crippen molar-refractivity contribution in [3.63, 3.8) is 0 Å². The summed E-state index contributed by atoms with van der Waals surface area (Å²) in [5.41, 5.74) is 1.42. The van der Waals surface area contributed by atoms with Gasteiger partial charge in [-0.2, -0.15) is 0 Å². The molecule has 2 aromatic carbocycles. The van der Waals surface area contributed by atoms with Crippen molar-refractivity contribution in [2.75, 3.05) is 20.3 Å². The first-order valence-corrected chi connectivity index (χ1v) is 13.0. The highest BCUT2D eigenvalue weighted by atomic mass is 32.2. The number of ether oxygens (including phenoxy) is 3. The average Bonchev–Trinajstić information content (AvgIpc) is 3.13. The number of esters is 1. The summed E-state index contributed by atoms with van der Waals surface area (Å²) in [5, 5.41) is 0. The zero-order valence-electron chi connectivity index (χ0n) is 20.3. The molecule has 0 saturated carbocycles. The molecule has 2 aromatic rings. The minimum absolute atomic E-state index is 0.208. The van der Waals surface area contributed by atoms with Crippen molar-refractivity contribution in [3.8, 4) is 11.5 Å². The second-order valence-corrected chi connectivity index (χ2v) is 9.61. The van der Waals surface area contributed by atoms with Crippen LogP contribution in [-0.4, -0.2) is 41.4 Å². The molecular formula is C27H31NO5S2. The maximum absolute atomic E-state index is 13.4. The van der Waals surface area contributed by atoms with Gasteiger partial charge < -0.3 is 14.2 Å². The molecule has 35 heavy (non-hydrogen) atoms. The van der Waals surface area contributed by atoms with E-state index in [1.165, 1.54) is 17.7 Å². The first kappa shape index (κ1) is 26.8. The molecule has 8 heteroatoms. The lowest BCUT2D eigenvalue weighted by Gasteiger charge is -2.25. The van der Waals surface area contributed by atoms with Crippen LogP contribution in [0, 0.1) is 0 Å². The summed E-state index contributed by atoms with van der Waals surface area (Å²) in [6.45, 7) is 4.74. The molecular weight excluding hydrogens is 482 g/mol. The number of thioether (sulfide) groups is 1. The summed E-state index contributed by atoms with van der Waals surface area (Å²) >= 11 is 6.68. The van der Waals surface area contributed by atoms with Crippen LogP contribution in [0.3, 0.4) is 0 Å². The van der Waals surface area contributed by atoms with E-state index in [9.17, 15) is 9.59 Å². The van der Waals surface area contributed by atoms with Crippen LogP contribution in [-0.2, 0) is 14.3 Å². The molecule has 0 aliphatic carbocycles. The number of carbonyl (C=O) groups excluding carboxylic acids is 2. The van der Waals surface area contributed by atoms with Crippen LogP contribution in [0.4, 0.5) is 0 Å². The third-order valence-corrected chi connectivity index (χ3v) is 6.78. The van der Waals surface area contributed by atoms with Crippen LogP contribution in [0.1, 0.15) is 56.7 Å². The van der Waals surface area contributed by atoms with Gasteiger partial charge in [-0.05, 0) is 42.7 Å². The topological polar surface area (TPSA) is 65.1 Å². The molecule has 1 amide bonds. The number of rotatable bonds is 12. The van der Waals surface area contributed by atoms with E-state index < -0.39 is 12.0 Å². The number of carbonyl (C=O) groups is 2. The lowest BCUT2D eigenvalue weighted by molar-refractivity contribution is -0.151. The average molecular weight is 514 g/mol. The van der Waals surface area contributed by atoms with Gasteiger partial charge in [0.25, 0.3) is 5.91 Å². The molecule has 1 aliphatic heterocycles. The van der Waals surface area contributed by atoms with Crippen LogP contribution in [0.5, 0.6) is 11.5 Å². The number of methoxy groups -OCH3 is 1. The van der Waals surface area contributed by atoms with Crippen LogP contribution in [0.15, 0.2) is 53.4 Å². The van der Waals surface area contributed by atoms with Crippen LogP contribution >= 0.6 is 24.0 Å². The summed E-state index contributed by atoms with van der Waals surface area (Å²) in [6, 6.07) is 13.7. The Balaban J connectivity index is 1.81. The Bertz CT molecular complexity index is 1070. The van der Waals surface area contributed by atoms with Gasteiger partial charge in [-0.3, -0.25) is 9.69 Å². The molecule has 1 heterocycles. The maximum atomic E-state index is 13.4. The van der Waals surface area contributed by atoms with Crippen LogP contribution in [0.2, 0.25) is 0 Å². The SMILES string of the molecule is CCCCCCOc1ccc(/C=C2\SC(=S)N(C(C(=O)OCC)c3ccccc3)C2=O)cc1OC. The van der Waals surface area contributed by atoms with Gasteiger partial charge in [0, 0.05) is 0 Å². The molecule has 0 radical (unpaired) electrons. The number of thiocarbonyl (C=S) groups is 1. The van der Waals surface area contributed by atoms with E-state index in [4.69, 9.17) is 26.4 Å². The Morgan fingerprint density at radius 1 is 1.09 bits per heavy atom. The largest absolute Gasteiger partial charge is 0.493 e. The maximum Gasteiger partial charge on any atom is 0.333 e. The molecule has 1 aliphatic rings. The molecule has 0 bridgehead atoms. The number of unbranched alkanes of at least 4 members (excludes halogenated alkanes) is 3. The van der Waals surface area contributed by atoms with Gasteiger partial charge in [-0.1, -0.05) is 86.6 Å². The summed E-state index contributed by atoms with van der Waals surface area (Å²) in [5.74, 6) is 0.411. The van der Waals surface area contributed by atoms with E-state index in [1.54, 1.807) is 32.2 Å². The molecule has 0 spiro atoms. The second kappa shape index (κ2) is 13.3. The van der Waals surface area contributed by atoms with E-state index in [2.05, 4.69) is 6.92 Å². The van der Waals surface area contributed by atoms with Crippen molar-refractivity contribution in [1.29, 1.82) is 0 Å². The van der Waals surface area contributed by atoms with Crippen LogP contribution < -0.4 is 9.47 Å². The number of benzene rings is 2. The summed E-state index contributed by atoms with van der Waals surface area (Å²) in [7, 11) is 1.59. The van der Waals surface area contributed by atoms with Crippen LogP contribution in [0.25, 0.3) is 6.08 Å². The Kier molecular flexibility index (Phi) is 10.2. The standard InChI is InChI=1S/C27H31NO5S2/c1-4-6-7-11-16-33-21-15-14-19(17-22(21)31-3)18-23-25(29)28(27(34)35-23)24(26(30)32-5-2)20-12-9-8-10-13-20/h8-10,12-15,17-18,24H,4-7,11,16H2,1-3H3/b23-18-. The van der Waals surface area contributed by atoms with Crippen molar-refractivity contribution < 1.29 is 23.8 Å². The fourth-order valence-corrected chi connectivity index (χ4v) is 5.02. The van der Waals surface area contributed by atoms with Gasteiger partial charge in [0.1, 0.15) is 4.32 Å². The van der Waals surface area contributed by atoms with Gasteiger partial charge in [0.05, 0.1) is 25.2 Å². The van der Waals surface area contributed by atoms with Crippen molar-refractivity contribution in [3.05, 3.63) is 64.6 Å². The van der Waals surface area contributed by atoms with Crippen molar-refractivity contribution in [2.24, 2.45) is 0 Å². The predicted molar refractivity (Wildman–Crippen MR) is 143 cm³/mol. The lowest BCUT2D eigenvalue weighted by Crippen LogP contribution is -2.38. The molecule has 1 fully saturated rings. The van der Waals surface area contributed by atoms with Gasteiger partial charge >= 0.3 is 5.97 Å². The van der Waals surface area contributed by atoms with Gasteiger partial charge in [-0.25, -0.2) is 4.79 Å². The predicted octanol–water partition coefficient (Wildman–Crippen LogP) is 6.16. The van der Waals surface area contributed by atoms with E-state index >= 15 is 0 Å². The second-order valence-electron chi connectivity index (χ2n) is 7.94. The van der Waals surface area contributed by atoms with Crippen molar-refractivity contribution in [2.45, 2.75) is 45.6 Å². The molecule has 1 saturated heterocycles. The zero-order chi connectivity index (χ0) is 25.2. The number of amides is 1. The van der Waals surface area contributed by atoms with Gasteiger partial charge in [0.15, 0.2) is 17.5 Å². The van der Waals surface area contributed by atoms with Gasteiger partial charge in [-0.15, -0.1) is 0 Å². The molecule has 3 rings (SSSR count). The third kappa shape index (κ3) is 6.86. The summed E-state index contributed by atoms with van der Waals surface area (Å²) in [4.78, 5) is 28.0. The number of hydrogen-bond acceptors (Lipinski definition) is 7. The zero-order valence-corrected chi connectivity index (χ0v) is 22.0. The monoisotopic (exact) mass is 513 g/mol. The van der Waals surface area contributed by atoms with E-state index in [0.29, 0.717) is 32.9 Å². The molecule has 1 atom stereocenters. The number of hydrogen-bond donors (Lipinski definition) is 0. The Morgan fingerprint density at radius 3 is 2.54 bits per heavy atom. The fraction of sp³-hybridized carbons (Fsp3) is 0.370. The summed E-state index contributed by atoms with van der Waals surface area (Å²) in [6.07, 6.45) is 6.24. The minimum Gasteiger partial charge on any atom is -0.493 e. The Morgan fingerprint density at radius 2 is 1.86 bits per heavy atom. The highest BCUT2D eigenvalue weighted by Gasteiger charge is 2.42. The molecule has 0 N–H and O–H groups in total. The Labute approximate surface area is 216 Å². The number of nitrogens with zero attached hydrogens (tertiary/aromatic N) is 1. The molecule has 1 unspecified atom stereocenters. The summed E-state index contributed by atoms with van der Waals surface area (Å²) < 4.78 is 17.0. The highest BCUT2D eigenvalue weighted by molar-refractivity contribution is 8.26. The van der Waals surface area contributed by atoms with E-state index in [1.807, 2.05) is 36.4 Å². The van der Waals surface area contributed by atoms with Gasteiger partial charge in [0.2, 0.25) is 0 Å². The molecule has 0 aromatic heterocycles. The van der Waals surface area contributed by atoms with E-state index in [-0.39, 0.29) is 12.5 Å². The smallest absolute Gasteiger partial charge is 0.333 e.